The zero-order chi connectivity index (χ0) is 14.3. The summed E-state index contributed by atoms with van der Waals surface area (Å²) in [5, 5.41) is 1.59. The van der Waals surface area contributed by atoms with Gasteiger partial charge in [-0.1, -0.05) is 12.2 Å². The molecule has 0 saturated carbocycles. The zero-order valence-electron chi connectivity index (χ0n) is 9.96. The predicted octanol–water partition coefficient (Wildman–Crippen LogP) is 1.25. The van der Waals surface area contributed by atoms with Crippen molar-refractivity contribution in [2.75, 3.05) is 13.1 Å². The van der Waals surface area contributed by atoms with Crippen molar-refractivity contribution in [1.82, 2.24) is 10.2 Å². The van der Waals surface area contributed by atoms with Crippen LogP contribution >= 0.6 is 0 Å². The molecule has 0 saturated heterocycles. The Labute approximate surface area is 103 Å². The van der Waals surface area contributed by atoms with E-state index in [4.69, 9.17) is 0 Å². The molecule has 0 aromatic carbocycles. The molecule has 2 amide bonds. The lowest BCUT2D eigenvalue weighted by Crippen LogP contribution is -2.50. The van der Waals surface area contributed by atoms with Gasteiger partial charge in [-0.05, 0) is 6.92 Å². The van der Waals surface area contributed by atoms with Crippen LogP contribution in [0.2, 0.25) is 0 Å². The van der Waals surface area contributed by atoms with Crippen molar-refractivity contribution in [2.45, 2.75) is 19.1 Å². The van der Waals surface area contributed by atoms with Crippen molar-refractivity contribution < 1.29 is 22.8 Å². The Balaban J connectivity index is 4.61. The van der Waals surface area contributed by atoms with E-state index in [1.165, 1.54) is 24.0 Å². The first-order valence-corrected chi connectivity index (χ1v) is 5.12. The van der Waals surface area contributed by atoms with Crippen LogP contribution in [0.5, 0.6) is 0 Å². The van der Waals surface area contributed by atoms with Crippen molar-refractivity contribution in [3.8, 4) is 0 Å². The number of carbonyl (C=O) groups excluding carboxylic acids is 2. The first-order valence-electron chi connectivity index (χ1n) is 5.12. The minimum absolute atomic E-state index is 0.164. The highest BCUT2D eigenvalue weighted by Gasteiger charge is 2.40. The molecule has 0 bridgehead atoms. The molecule has 102 valence electrons. The monoisotopic (exact) mass is 264 g/mol. The van der Waals surface area contributed by atoms with E-state index in [-0.39, 0.29) is 13.1 Å². The van der Waals surface area contributed by atoms with E-state index in [0.29, 0.717) is 0 Å². The second-order valence-corrected chi connectivity index (χ2v) is 3.51. The van der Waals surface area contributed by atoms with Gasteiger partial charge in [0.15, 0.2) is 0 Å². The molecule has 0 aromatic heterocycles. The Morgan fingerprint density at radius 1 is 1.28 bits per heavy atom. The maximum absolute atomic E-state index is 12.0. The Morgan fingerprint density at radius 3 is 2.06 bits per heavy atom. The van der Waals surface area contributed by atoms with Crippen LogP contribution in [-0.2, 0) is 9.59 Å². The minimum atomic E-state index is -5.00. The third kappa shape index (κ3) is 5.03. The van der Waals surface area contributed by atoms with Crippen molar-refractivity contribution in [1.29, 1.82) is 0 Å². The first-order chi connectivity index (χ1) is 8.23. The summed E-state index contributed by atoms with van der Waals surface area (Å²) in [6.07, 6.45) is -2.14. The van der Waals surface area contributed by atoms with Crippen LogP contribution in [0.1, 0.15) is 6.92 Å². The van der Waals surface area contributed by atoms with Crippen LogP contribution < -0.4 is 5.32 Å². The molecule has 0 spiro atoms. The lowest BCUT2D eigenvalue weighted by molar-refractivity contribution is -0.174. The largest absolute Gasteiger partial charge is 0.471 e. The van der Waals surface area contributed by atoms with E-state index in [1.807, 2.05) is 0 Å². The lowest BCUT2D eigenvalue weighted by Gasteiger charge is -2.24. The summed E-state index contributed by atoms with van der Waals surface area (Å²) in [6.45, 7) is 8.37. The molecular formula is C11H15F3N2O2. The summed E-state index contributed by atoms with van der Waals surface area (Å²) in [5.74, 6) is -2.77. The molecule has 0 aliphatic heterocycles. The molecule has 0 radical (unpaired) electrons. The Kier molecular flexibility index (Phi) is 6.15. The van der Waals surface area contributed by atoms with Gasteiger partial charge in [-0.2, -0.15) is 13.2 Å². The summed E-state index contributed by atoms with van der Waals surface area (Å²) in [4.78, 5) is 23.6. The Hall–Kier alpha value is -1.79. The fraction of sp³-hybridized carbons (Fsp3) is 0.455. The van der Waals surface area contributed by atoms with Gasteiger partial charge >= 0.3 is 12.1 Å². The van der Waals surface area contributed by atoms with Gasteiger partial charge in [-0.15, -0.1) is 13.2 Å². The van der Waals surface area contributed by atoms with Crippen molar-refractivity contribution in [3.63, 3.8) is 0 Å². The smallest absolute Gasteiger partial charge is 0.337 e. The van der Waals surface area contributed by atoms with Crippen molar-refractivity contribution in [3.05, 3.63) is 25.3 Å². The van der Waals surface area contributed by atoms with Gasteiger partial charge in [0.1, 0.15) is 6.04 Å². The molecule has 18 heavy (non-hydrogen) atoms. The summed E-state index contributed by atoms with van der Waals surface area (Å²) < 4.78 is 36.0. The van der Waals surface area contributed by atoms with Gasteiger partial charge < -0.3 is 10.2 Å². The van der Waals surface area contributed by atoms with Crippen molar-refractivity contribution >= 4 is 11.8 Å². The molecule has 1 N–H and O–H groups in total. The Bertz CT molecular complexity index is 330. The lowest BCUT2D eigenvalue weighted by atomic mass is 10.2. The van der Waals surface area contributed by atoms with Crippen LogP contribution in [-0.4, -0.2) is 42.0 Å². The third-order valence-electron chi connectivity index (χ3n) is 1.99. The van der Waals surface area contributed by atoms with E-state index >= 15 is 0 Å². The highest BCUT2D eigenvalue weighted by atomic mass is 19.4. The second kappa shape index (κ2) is 6.83. The maximum atomic E-state index is 12.0. The van der Waals surface area contributed by atoms with E-state index in [0.717, 1.165) is 0 Å². The van der Waals surface area contributed by atoms with E-state index in [9.17, 15) is 22.8 Å². The topological polar surface area (TPSA) is 49.4 Å². The predicted molar refractivity (Wildman–Crippen MR) is 60.6 cm³/mol. The molecule has 1 atom stereocenters. The van der Waals surface area contributed by atoms with Gasteiger partial charge in [0.2, 0.25) is 5.91 Å². The number of hydrogen-bond donors (Lipinski definition) is 1. The van der Waals surface area contributed by atoms with Crippen molar-refractivity contribution in [2.24, 2.45) is 0 Å². The average Bonchev–Trinajstić information content (AvgIpc) is 2.26. The SMILES string of the molecule is C=CCN(CC=C)C(=O)C(C)NC(=O)C(F)(F)F. The molecule has 0 aliphatic rings. The normalized spacial score (nSPS) is 12.4. The summed E-state index contributed by atoms with van der Waals surface area (Å²) in [6, 6.07) is -1.26. The fourth-order valence-electron chi connectivity index (χ4n) is 1.18. The van der Waals surface area contributed by atoms with E-state index in [1.54, 1.807) is 5.32 Å². The quantitative estimate of drug-likeness (QED) is 0.734. The molecule has 0 fully saturated rings. The number of amides is 2. The molecule has 4 nitrogen and oxygen atoms in total. The molecule has 0 heterocycles. The molecular weight excluding hydrogens is 249 g/mol. The minimum Gasteiger partial charge on any atom is -0.337 e. The number of nitrogens with zero attached hydrogens (tertiary/aromatic N) is 1. The first kappa shape index (κ1) is 16.2. The number of nitrogens with one attached hydrogen (secondary N) is 1. The number of rotatable bonds is 6. The Morgan fingerprint density at radius 2 is 1.72 bits per heavy atom. The molecule has 0 aromatic rings. The van der Waals surface area contributed by atoms with E-state index < -0.39 is 24.0 Å². The molecule has 7 heteroatoms. The van der Waals surface area contributed by atoms with Crippen LogP contribution in [0.3, 0.4) is 0 Å². The second-order valence-electron chi connectivity index (χ2n) is 3.51. The van der Waals surface area contributed by atoms with Crippen LogP contribution in [0.15, 0.2) is 25.3 Å². The summed E-state index contributed by atoms with van der Waals surface area (Å²) in [7, 11) is 0. The van der Waals surface area contributed by atoms with Crippen LogP contribution in [0.25, 0.3) is 0 Å². The fourth-order valence-corrected chi connectivity index (χ4v) is 1.18. The van der Waals surface area contributed by atoms with Gasteiger partial charge in [0.25, 0.3) is 0 Å². The third-order valence-corrected chi connectivity index (χ3v) is 1.99. The highest BCUT2D eigenvalue weighted by molar-refractivity contribution is 5.89. The summed E-state index contributed by atoms with van der Waals surface area (Å²) in [5.41, 5.74) is 0. The molecule has 0 aliphatic carbocycles. The van der Waals surface area contributed by atoms with Gasteiger partial charge in [-0.25, -0.2) is 0 Å². The molecule has 0 rings (SSSR count). The van der Waals surface area contributed by atoms with Gasteiger partial charge in [-0.3, -0.25) is 9.59 Å². The van der Waals surface area contributed by atoms with Gasteiger partial charge in [0.05, 0.1) is 0 Å². The van der Waals surface area contributed by atoms with E-state index in [2.05, 4.69) is 13.2 Å². The molecule has 1 unspecified atom stereocenters. The van der Waals surface area contributed by atoms with Crippen LogP contribution in [0.4, 0.5) is 13.2 Å². The maximum Gasteiger partial charge on any atom is 0.471 e. The van der Waals surface area contributed by atoms with Gasteiger partial charge in [0, 0.05) is 13.1 Å². The number of alkyl halides is 3. The standard InChI is InChI=1S/C11H15F3N2O2/c1-4-6-16(7-5-2)9(17)8(3)15-10(18)11(12,13)14/h4-5,8H,1-2,6-7H2,3H3,(H,15,18). The number of carbonyl (C=O) groups is 2. The zero-order valence-corrected chi connectivity index (χ0v) is 9.96. The summed E-state index contributed by atoms with van der Waals surface area (Å²) >= 11 is 0. The van der Waals surface area contributed by atoms with Crippen LogP contribution in [0, 0.1) is 0 Å². The average molecular weight is 264 g/mol. The number of halogens is 3. The number of hydrogen-bond acceptors (Lipinski definition) is 2. The highest BCUT2D eigenvalue weighted by Crippen LogP contribution is 2.14.